The Kier molecular flexibility index (Phi) is 7.38. The highest BCUT2D eigenvalue weighted by Gasteiger charge is 2.65. The number of hydrogen-bond acceptors (Lipinski definition) is 8. The summed E-state index contributed by atoms with van der Waals surface area (Å²) in [4.78, 5) is 37.7. The zero-order chi connectivity index (χ0) is 25.6. The molecule has 0 amide bonds. The van der Waals surface area contributed by atoms with E-state index in [1.165, 1.54) is 0 Å². The maximum absolute atomic E-state index is 13.6. The average Bonchev–Trinajstić information content (AvgIpc) is 3.19. The summed E-state index contributed by atoms with van der Waals surface area (Å²) in [5.41, 5.74) is -3.67. The molecule has 0 radical (unpaired) electrons. The summed E-state index contributed by atoms with van der Waals surface area (Å²) < 4.78 is 10.9. The van der Waals surface area contributed by atoms with Gasteiger partial charge in [0.1, 0.15) is 23.9 Å². The van der Waals surface area contributed by atoms with Gasteiger partial charge in [-0.15, -0.1) is 0 Å². The van der Waals surface area contributed by atoms with Crippen LogP contribution in [0.25, 0.3) is 0 Å². The van der Waals surface area contributed by atoms with E-state index in [9.17, 15) is 29.7 Å². The molecule has 0 unspecified atom stereocenters. The minimum atomic E-state index is -2.04. The van der Waals surface area contributed by atoms with Crippen LogP contribution in [0, 0.1) is 29.1 Å². The van der Waals surface area contributed by atoms with Crippen LogP contribution < -0.4 is 0 Å². The summed E-state index contributed by atoms with van der Waals surface area (Å²) in [5, 5.41) is 35.1. The van der Waals surface area contributed by atoms with Gasteiger partial charge in [-0.05, 0) is 54.9 Å². The largest absolute Gasteiger partial charge is 0.463 e. The average molecular weight is 481 g/mol. The first-order valence-corrected chi connectivity index (χ1v) is 12.4. The fourth-order valence-corrected chi connectivity index (χ4v) is 6.19. The van der Waals surface area contributed by atoms with Crippen LogP contribution in [0.2, 0.25) is 0 Å². The molecule has 2 fully saturated rings. The van der Waals surface area contributed by atoms with E-state index in [2.05, 4.69) is 13.8 Å². The number of Topliss-reactive ketones (excluding diaryl/α,β-unsaturated/α-hetero) is 1. The number of aliphatic hydroxyl groups is 3. The van der Waals surface area contributed by atoms with Crippen molar-refractivity contribution in [2.75, 3.05) is 6.61 Å². The quantitative estimate of drug-likeness (QED) is 0.511. The standard InChI is InChI=1S/C26H40O8/c1-7-18(27)33-13-25(31)10-9-16-17(24(16,5)6)11-14(3)22(29)26(32)12-15(4)21(20(26)23(25)30)34-19(28)8-2/h11,15-17,20-21,23,30-32H,7-10,12-13H2,1-6H3/b14-11+/t15-,16-,17+,20+,21-,23+,25+,26+/m0/s1. The minimum absolute atomic E-state index is 0.0251. The lowest BCUT2D eigenvalue weighted by Gasteiger charge is -2.42. The second kappa shape index (κ2) is 9.36. The molecule has 8 nitrogen and oxygen atoms in total. The summed E-state index contributed by atoms with van der Waals surface area (Å²) in [6, 6.07) is 0. The van der Waals surface area contributed by atoms with Crippen molar-refractivity contribution >= 4 is 17.7 Å². The van der Waals surface area contributed by atoms with E-state index in [1.807, 2.05) is 6.08 Å². The molecule has 0 aromatic rings. The second-order valence-corrected chi connectivity index (χ2v) is 11.2. The van der Waals surface area contributed by atoms with Crippen molar-refractivity contribution in [3.05, 3.63) is 11.6 Å². The third kappa shape index (κ3) is 4.56. The summed E-state index contributed by atoms with van der Waals surface area (Å²) in [7, 11) is 0. The van der Waals surface area contributed by atoms with Crippen LogP contribution in [-0.2, 0) is 23.9 Å². The third-order valence-electron chi connectivity index (χ3n) is 8.53. The number of ketones is 1. The molecule has 3 rings (SSSR count). The third-order valence-corrected chi connectivity index (χ3v) is 8.53. The zero-order valence-electron chi connectivity index (χ0n) is 21.2. The van der Waals surface area contributed by atoms with Crippen LogP contribution in [0.15, 0.2) is 11.6 Å². The highest BCUT2D eigenvalue weighted by atomic mass is 16.6. The van der Waals surface area contributed by atoms with E-state index in [4.69, 9.17) is 9.47 Å². The lowest BCUT2D eigenvalue weighted by atomic mass is 9.73. The summed E-state index contributed by atoms with van der Waals surface area (Å²) in [5.74, 6) is -3.05. The van der Waals surface area contributed by atoms with Gasteiger partial charge in [0, 0.05) is 12.8 Å². The number of rotatable bonds is 5. The molecule has 8 heteroatoms. The van der Waals surface area contributed by atoms with Gasteiger partial charge in [-0.2, -0.15) is 0 Å². The molecule has 0 aliphatic heterocycles. The van der Waals surface area contributed by atoms with Crippen LogP contribution in [0.3, 0.4) is 0 Å². The minimum Gasteiger partial charge on any atom is -0.463 e. The first kappa shape index (κ1) is 26.8. The van der Waals surface area contributed by atoms with Crippen molar-refractivity contribution in [2.24, 2.45) is 29.1 Å². The zero-order valence-corrected chi connectivity index (χ0v) is 21.2. The van der Waals surface area contributed by atoms with Crippen molar-refractivity contribution in [2.45, 2.75) is 97.1 Å². The lowest BCUT2D eigenvalue weighted by Crippen LogP contribution is -2.60. The van der Waals surface area contributed by atoms with Crippen LogP contribution in [-0.4, -0.2) is 63.1 Å². The van der Waals surface area contributed by atoms with E-state index in [1.54, 1.807) is 27.7 Å². The number of carbonyl (C=O) groups is 3. The van der Waals surface area contributed by atoms with Crippen molar-refractivity contribution in [1.82, 2.24) is 0 Å². The van der Waals surface area contributed by atoms with E-state index < -0.39 is 59.6 Å². The first-order valence-electron chi connectivity index (χ1n) is 12.4. The van der Waals surface area contributed by atoms with Gasteiger partial charge in [-0.25, -0.2) is 0 Å². The molecule has 0 spiro atoms. The van der Waals surface area contributed by atoms with Gasteiger partial charge in [0.15, 0.2) is 5.78 Å². The van der Waals surface area contributed by atoms with Crippen molar-refractivity contribution in [1.29, 1.82) is 0 Å². The van der Waals surface area contributed by atoms with Gasteiger partial charge in [0.2, 0.25) is 0 Å². The molecule has 3 N–H and O–H groups in total. The number of esters is 2. The number of carbonyl (C=O) groups excluding carboxylic acids is 3. The predicted molar refractivity (Wildman–Crippen MR) is 123 cm³/mol. The van der Waals surface area contributed by atoms with Gasteiger partial charge in [-0.3, -0.25) is 14.4 Å². The van der Waals surface area contributed by atoms with E-state index in [0.717, 1.165) is 0 Å². The molecule has 0 aromatic carbocycles. The lowest BCUT2D eigenvalue weighted by molar-refractivity contribution is -0.197. The maximum atomic E-state index is 13.6. The van der Waals surface area contributed by atoms with Gasteiger partial charge >= 0.3 is 11.9 Å². The van der Waals surface area contributed by atoms with Gasteiger partial charge in [0.05, 0.1) is 12.0 Å². The molecule has 3 aliphatic carbocycles. The fraction of sp³-hybridized carbons (Fsp3) is 0.808. The molecular weight excluding hydrogens is 440 g/mol. The van der Waals surface area contributed by atoms with Crippen LogP contribution in [0.5, 0.6) is 0 Å². The van der Waals surface area contributed by atoms with E-state index >= 15 is 0 Å². The highest BCUT2D eigenvalue weighted by Crippen LogP contribution is 2.62. The van der Waals surface area contributed by atoms with Crippen LogP contribution in [0.1, 0.15) is 73.6 Å². The SMILES string of the molecule is CCC(=O)OC[C@]1(O)CC[C@H]2[C@@H](/C=C(\C)C(=O)[C@@]3(O)C[C@H](C)[C@H](OC(=O)CC)[C@@H]3[C@H]1O)C2(C)C. The maximum Gasteiger partial charge on any atom is 0.305 e. The van der Waals surface area contributed by atoms with Crippen LogP contribution in [0.4, 0.5) is 0 Å². The Morgan fingerprint density at radius 1 is 1.15 bits per heavy atom. The molecule has 0 aromatic heterocycles. The second-order valence-electron chi connectivity index (χ2n) is 11.2. The Hall–Kier alpha value is -1.77. The molecule has 2 saturated carbocycles. The fourth-order valence-electron chi connectivity index (χ4n) is 6.19. The highest BCUT2D eigenvalue weighted by molar-refractivity contribution is 6.02. The van der Waals surface area contributed by atoms with Crippen molar-refractivity contribution < 1.29 is 39.2 Å². The molecule has 34 heavy (non-hydrogen) atoms. The Labute approximate surface area is 201 Å². The Morgan fingerprint density at radius 3 is 2.35 bits per heavy atom. The number of hydrogen-bond donors (Lipinski definition) is 3. The first-order chi connectivity index (χ1) is 15.7. The summed E-state index contributed by atoms with van der Waals surface area (Å²) in [6.07, 6.45) is 0.0515. The molecule has 0 saturated heterocycles. The van der Waals surface area contributed by atoms with Crippen molar-refractivity contribution in [3.8, 4) is 0 Å². The summed E-state index contributed by atoms with van der Waals surface area (Å²) >= 11 is 0. The number of fused-ring (bicyclic) bond motifs is 2. The number of aliphatic hydroxyl groups excluding tert-OH is 1. The topological polar surface area (TPSA) is 130 Å². The summed E-state index contributed by atoms with van der Waals surface area (Å²) in [6.45, 7) is 10.4. The molecule has 8 atom stereocenters. The predicted octanol–water partition coefficient (Wildman–Crippen LogP) is 2.32. The Bertz CT molecular complexity index is 863. The molecule has 192 valence electrons. The van der Waals surface area contributed by atoms with E-state index in [0.29, 0.717) is 12.0 Å². The molecule has 3 aliphatic rings. The molecule has 0 heterocycles. The molecule has 0 bridgehead atoms. The van der Waals surface area contributed by atoms with Gasteiger partial charge in [-0.1, -0.05) is 40.7 Å². The smallest absolute Gasteiger partial charge is 0.305 e. The van der Waals surface area contributed by atoms with Crippen LogP contribution >= 0.6 is 0 Å². The van der Waals surface area contributed by atoms with Gasteiger partial charge < -0.3 is 24.8 Å². The van der Waals surface area contributed by atoms with Crippen molar-refractivity contribution in [3.63, 3.8) is 0 Å². The normalized spacial score (nSPS) is 43.0. The number of ether oxygens (including phenoxy) is 2. The number of allylic oxidation sites excluding steroid dienone is 1. The van der Waals surface area contributed by atoms with Gasteiger partial charge in [0.25, 0.3) is 0 Å². The van der Waals surface area contributed by atoms with E-state index in [-0.39, 0.29) is 42.9 Å². The Balaban J connectivity index is 2.10. The monoisotopic (exact) mass is 480 g/mol. The Morgan fingerprint density at radius 2 is 1.76 bits per heavy atom. The molecular formula is C26H40O8.